The lowest BCUT2D eigenvalue weighted by Crippen LogP contribution is -2.49. The van der Waals surface area contributed by atoms with Gasteiger partial charge >= 0.3 is 6.09 Å². The molecule has 124 valence electrons. The third kappa shape index (κ3) is 3.71. The van der Waals surface area contributed by atoms with Gasteiger partial charge < -0.3 is 14.5 Å². The van der Waals surface area contributed by atoms with Gasteiger partial charge in [0.2, 0.25) is 0 Å². The number of amides is 1. The number of benzene rings is 1. The molecule has 0 bridgehead atoms. The number of aromatic nitrogens is 2. The highest BCUT2D eigenvalue weighted by Gasteiger charge is 2.23. The zero-order valence-corrected chi connectivity index (χ0v) is 13.5. The molecule has 0 atom stereocenters. The van der Waals surface area contributed by atoms with Crippen LogP contribution in [0.15, 0.2) is 55.4 Å². The summed E-state index contributed by atoms with van der Waals surface area (Å²) < 4.78 is 5.07. The van der Waals surface area contributed by atoms with Gasteiger partial charge in [0, 0.05) is 37.8 Å². The molecule has 3 rings (SSSR count). The summed E-state index contributed by atoms with van der Waals surface area (Å²) in [6.07, 6.45) is 2.87. The minimum atomic E-state index is -0.290. The lowest BCUT2D eigenvalue weighted by molar-refractivity contribution is 0.110. The zero-order chi connectivity index (χ0) is 16.8. The van der Waals surface area contributed by atoms with Crippen molar-refractivity contribution in [2.24, 2.45) is 0 Å². The van der Waals surface area contributed by atoms with Crippen LogP contribution in [0.4, 0.5) is 10.6 Å². The summed E-state index contributed by atoms with van der Waals surface area (Å²) in [6.45, 7) is 6.44. The molecule has 0 saturated carbocycles. The molecule has 1 amide bonds. The average molecular weight is 324 g/mol. The Morgan fingerprint density at radius 3 is 2.62 bits per heavy atom. The molecule has 6 nitrogen and oxygen atoms in total. The Morgan fingerprint density at radius 2 is 1.92 bits per heavy atom. The zero-order valence-electron chi connectivity index (χ0n) is 13.5. The van der Waals surface area contributed by atoms with Crippen LogP contribution in [-0.2, 0) is 4.74 Å². The Morgan fingerprint density at radius 1 is 1.17 bits per heavy atom. The van der Waals surface area contributed by atoms with Gasteiger partial charge in [-0.2, -0.15) is 0 Å². The van der Waals surface area contributed by atoms with Crippen LogP contribution in [0.1, 0.15) is 0 Å². The molecular formula is C18H20N4O2. The Balaban J connectivity index is 1.65. The first-order valence-electron chi connectivity index (χ1n) is 7.93. The van der Waals surface area contributed by atoms with Gasteiger partial charge in [0.05, 0.1) is 5.69 Å². The molecule has 2 aromatic rings. The van der Waals surface area contributed by atoms with E-state index in [-0.39, 0.29) is 12.7 Å². The molecule has 1 aliphatic heterocycles. The second-order valence-electron chi connectivity index (χ2n) is 5.47. The van der Waals surface area contributed by atoms with E-state index in [1.54, 1.807) is 17.3 Å². The highest BCUT2D eigenvalue weighted by atomic mass is 16.6. The van der Waals surface area contributed by atoms with Crippen LogP contribution in [0, 0.1) is 0 Å². The van der Waals surface area contributed by atoms with Crippen molar-refractivity contribution in [3.8, 4) is 11.3 Å². The number of hydrogen-bond acceptors (Lipinski definition) is 5. The van der Waals surface area contributed by atoms with Gasteiger partial charge in [0.15, 0.2) is 0 Å². The van der Waals surface area contributed by atoms with Crippen molar-refractivity contribution >= 4 is 11.9 Å². The largest absolute Gasteiger partial charge is 0.445 e. The van der Waals surface area contributed by atoms with Crippen molar-refractivity contribution < 1.29 is 9.53 Å². The fraction of sp³-hybridized carbons (Fsp3) is 0.278. The summed E-state index contributed by atoms with van der Waals surface area (Å²) in [5.74, 6) is 0.878. The molecule has 2 heterocycles. The number of hydrogen-bond donors (Lipinski definition) is 0. The fourth-order valence-electron chi connectivity index (χ4n) is 2.63. The summed E-state index contributed by atoms with van der Waals surface area (Å²) in [4.78, 5) is 24.4. The number of carbonyl (C=O) groups excluding carboxylic acids is 1. The van der Waals surface area contributed by atoms with E-state index < -0.39 is 0 Å². The summed E-state index contributed by atoms with van der Waals surface area (Å²) in [5.41, 5.74) is 1.96. The number of rotatable bonds is 4. The Bertz CT molecular complexity index is 697. The minimum Gasteiger partial charge on any atom is -0.445 e. The van der Waals surface area contributed by atoms with E-state index in [4.69, 9.17) is 4.74 Å². The first-order chi connectivity index (χ1) is 11.8. The molecule has 0 N–H and O–H groups in total. The molecule has 1 aromatic carbocycles. The number of anilines is 1. The van der Waals surface area contributed by atoms with E-state index in [1.807, 2.05) is 36.4 Å². The van der Waals surface area contributed by atoms with Gasteiger partial charge in [0.1, 0.15) is 18.8 Å². The first kappa shape index (κ1) is 16.0. The Hall–Kier alpha value is -2.89. The normalized spacial score (nSPS) is 14.3. The summed E-state index contributed by atoms with van der Waals surface area (Å²) in [6, 6.07) is 12.0. The van der Waals surface area contributed by atoms with Crippen LogP contribution in [0.2, 0.25) is 0 Å². The molecule has 24 heavy (non-hydrogen) atoms. The van der Waals surface area contributed by atoms with Crippen molar-refractivity contribution in [2.45, 2.75) is 0 Å². The van der Waals surface area contributed by atoms with Crippen LogP contribution < -0.4 is 4.90 Å². The second-order valence-corrected chi connectivity index (χ2v) is 5.47. The van der Waals surface area contributed by atoms with Crippen LogP contribution >= 0.6 is 0 Å². The van der Waals surface area contributed by atoms with Gasteiger partial charge in [0.25, 0.3) is 0 Å². The van der Waals surface area contributed by atoms with Crippen molar-refractivity contribution in [1.82, 2.24) is 14.9 Å². The van der Waals surface area contributed by atoms with Crippen LogP contribution in [0.3, 0.4) is 0 Å². The average Bonchev–Trinajstić information content (AvgIpc) is 2.67. The maximum absolute atomic E-state index is 11.9. The highest BCUT2D eigenvalue weighted by molar-refractivity contribution is 5.68. The monoisotopic (exact) mass is 324 g/mol. The van der Waals surface area contributed by atoms with E-state index in [1.165, 1.54) is 0 Å². The van der Waals surface area contributed by atoms with Crippen LogP contribution in [0.25, 0.3) is 11.3 Å². The highest BCUT2D eigenvalue weighted by Crippen LogP contribution is 2.21. The van der Waals surface area contributed by atoms with Crippen molar-refractivity contribution in [3.05, 3.63) is 55.4 Å². The molecule has 0 aliphatic carbocycles. The number of piperazine rings is 1. The Labute approximate surface area is 141 Å². The van der Waals surface area contributed by atoms with Gasteiger partial charge in [-0.15, -0.1) is 0 Å². The molecule has 0 spiro atoms. The standard InChI is InChI=1S/C18H20N4O2/c1-2-12-24-18(23)22-10-8-21(9-11-22)17-13-16(19-14-20-17)15-6-4-3-5-7-15/h2-7,13-14H,1,8-12H2. The predicted molar refractivity (Wildman–Crippen MR) is 92.8 cm³/mol. The van der Waals surface area contributed by atoms with Crippen molar-refractivity contribution in [3.63, 3.8) is 0 Å². The molecule has 1 fully saturated rings. The maximum atomic E-state index is 11.9. The molecule has 0 unspecified atom stereocenters. The molecule has 6 heteroatoms. The van der Waals surface area contributed by atoms with E-state index >= 15 is 0 Å². The van der Waals surface area contributed by atoms with E-state index in [0.29, 0.717) is 26.2 Å². The molecule has 1 aromatic heterocycles. The number of ether oxygens (including phenoxy) is 1. The second kappa shape index (κ2) is 7.59. The lowest BCUT2D eigenvalue weighted by atomic mass is 10.1. The van der Waals surface area contributed by atoms with Gasteiger partial charge in [-0.05, 0) is 0 Å². The molecule has 1 saturated heterocycles. The SMILES string of the molecule is C=CCOC(=O)N1CCN(c2cc(-c3ccccc3)ncn2)CC1. The van der Waals surface area contributed by atoms with Gasteiger partial charge in [-0.1, -0.05) is 43.0 Å². The van der Waals surface area contributed by atoms with Crippen molar-refractivity contribution in [2.75, 3.05) is 37.7 Å². The molecule has 1 aliphatic rings. The maximum Gasteiger partial charge on any atom is 0.410 e. The smallest absolute Gasteiger partial charge is 0.410 e. The first-order valence-corrected chi connectivity index (χ1v) is 7.93. The fourth-order valence-corrected chi connectivity index (χ4v) is 2.63. The molecule has 0 radical (unpaired) electrons. The quantitative estimate of drug-likeness (QED) is 0.809. The lowest BCUT2D eigenvalue weighted by Gasteiger charge is -2.34. The van der Waals surface area contributed by atoms with E-state index in [9.17, 15) is 4.79 Å². The summed E-state index contributed by atoms with van der Waals surface area (Å²) in [7, 11) is 0. The number of nitrogens with zero attached hydrogens (tertiary/aromatic N) is 4. The molecular weight excluding hydrogens is 304 g/mol. The number of carbonyl (C=O) groups is 1. The van der Waals surface area contributed by atoms with Crippen molar-refractivity contribution in [1.29, 1.82) is 0 Å². The topological polar surface area (TPSA) is 58.6 Å². The van der Waals surface area contributed by atoms with Gasteiger partial charge in [-0.3, -0.25) is 0 Å². The summed E-state index contributed by atoms with van der Waals surface area (Å²) in [5, 5.41) is 0. The van der Waals surface area contributed by atoms with E-state index in [2.05, 4.69) is 21.4 Å². The van der Waals surface area contributed by atoms with Gasteiger partial charge in [-0.25, -0.2) is 14.8 Å². The third-order valence-electron chi connectivity index (χ3n) is 3.91. The summed E-state index contributed by atoms with van der Waals surface area (Å²) >= 11 is 0. The third-order valence-corrected chi connectivity index (χ3v) is 3.91. The predicted octanol–water partition coefficient (Wildman–Crippen LogP) is 2.59. The van der Waals surface area contributed by atoms with Crippen LogP contribution in [0.5, 0.6) is 0 Å². The Kier molecular flexibility index (Phi) is 5.05. The minimum absolute atomic E-state index is 0.241. The van der Waals surface area contributed by atoms with Crippen LogP contribution in [-0.4, -0.2) is 53.7 Å². The van der Waals surface area contributed by atoms with E-state index in [0.717, 1.165) is 17.1 Å².